The summed E-state index contributed by atoms with van der Waals surface area (Å²) < 4.78 is 3.50. The minimum Gasteiger partial charge on any atom is -0.350 e. The highest BCUT2D eigenvalue weighted by Gasteiger charge is 2.19. The maximum Gasteiger partial charge on any atom is 0.332 e. The Labute approximate surface area is 153 Å². The second-order valence-corrected chi connectivity index (χ2v) is 6.39. The highest BCUT2D eigenvalue weighted by molar-refractivity contribution is 6.29. The molecule has 26 heavy (non-hydrogen) atoms. The van der Waals surface area contributed by atoms with Crippen molar-refractivity contribution < 1.29 is 4.79 Å². The van der Waals surface area contributed by atoms with E-state index in [1.165, 1.54) is 23.2 Å². The Morgan fingerprint density at radius 2 is 1.88 bits per heavy atom. The molecule has 2 heterocycles. The zero-order valence-corrected chi connectivity index (χ0v) is 15.4. The van der Waals surface area contributed by atoms with Gasteiger partial charge in [0.05, 0.1) is 0 Å². The van der Waals surface area contributed by atoms with E-state index in [9.17, 15) is 14.4 Å². The number of carbonyl (C=O) groups is 1. The number of carbonyl (C=O) groups excluding carboxylic acids is 1. The fourth-order valence-electron chi connectivity index (χ4n) is 2.77. The van der Waals surface area contributed by atoms with Crippen LogP contribution in [0.1, 0.15) is 11.1 Å². The van der Waals surface area contributed by atoms with E-state index in [0.29, 0.717) is 6.54 Å². The van der Waals surface area contributed by atoms with Crippen LogP contribution in [0, 0.1) is 6.92 Å². The zero-order chi connectivity index (χ0) is 19.0. The van der Waals surface area contributed by atoms with E-state index in [1.807, 2.05) is 31.2 Å². The van der Waals surface area contributed by atoms with Crippen molar-refractivity contribution in [3.8, 4) is 0 Å². The molecule has 0 aliphatic heterocycles. The van der Waals surface area contributed by atoms with Crippen LogP contribution < -0.4 is 16.6 Å². The van der Waals surface area contributed by atoms with E-state index >= 15 is 0 Å². The summed E-state index contributed by atoms with van der Waals surface area (Å²) in [7, 11) is 2.86. The first-order chi connectivity index (χ1) is 12.3. The van der Waals surface area contributed by atoms with Crippen LogP contribution in [-0.4, -0.2) is 24.6 Å². The molecule has 3 rings (SSSR count). The highest BCUT2D eigenvalue weighted by atomic mass is 35.5. The molecule has 0 bridgehead atoms. The molecule has 0 aliphatic rings. The molecule has 0 fully saturated rings. The number of nitrogens with zero attached hydrogens (tertiary/aromatic N) is 4. The van der Waals surface area contributed by atoms with Crippen molar-refractivity contribution in [2.24, 2.45) is 14.1 Å². The molecule has 1 amide bonds. The Morgan fingerprint density at radius 3 is 2.58 bits per heavy atom. The van der Waals surface area contributed by atoms with Crippen molar-refractivity contribution in [1.29, 1.82) is 0 Å². The van der Waals surface area contributed by atoms with Crippen molar-refractivity contribution in [1.82, 2.24) is 24.0 Å². The number of fused-ring (bicyclic) bond motifs is 1. The molecular formula is C17H18ClN5O3. The maximum absolute atomic E-state index is 12.4. The molecule has 0 radical (unpaired) electrons. The first kappa shape index (κ1) is 17.9. The lowest BCUT2D eigenvalue weighted by atomic mass is 10.1. The molecule has 0 saturated carbocycles. The summed E-state index contributed by atoms with van der Waals surface area (Å²) in [5.74, 6) is -0.314. The van der Waals surface area contributed by atoms with Crippen LogP contribution in [0.15, 0.2) is 33.9 Å². The zero-order valence-electron chi connectivity index (χ0n) is 14.6. The molecule has 136 valence electrons. The van der Waals surface area contributed by atoms with Gasteiger partial charge in [0.15, 0.2) is 11.2 Å². The number of aromatic nitrogens is 4. The smallest absolute Gasteiger partial charge is 0.332 e. The first-order valence-electron chi connectivity index (χ1n) is 7.94. The van der Waals surface area contributed by atoms with Crippen molar-refractivity contribution in [3.63, 3.8) is 0 Å². The van der Waals surface area contributed by atoms with Crippen molar-refractivity contribution in [2.45, 2.75) is 20.0 Å². The minimum atomic E-state index is -0.547. The van der Waals surface area contributed by atoms with E-state index in [0.717, 1.165) is 15.7 Å². The lowest BCUT2D eigenvalue weighted by molar-refractivity contribution is -0.121. The van der Waals surface area contributed by atoms with Gasteiger partial charge in [-0.15, -0.1) is 0 Å². The van der Waals surface area contributed by atoms with Crippen molar-refractivity contribution in [2.75, 3.05) is 0 Å². The molecule has 0 saturated heterocycles. The first-order valence-corrected chi connectivity index (χ1v) is 8.32. The van der Waals surface area contributed by atoms with Gasteiger partial charge in [-0.2, -0.15) is 4.98 Å². The Morgan fingerprint density at radius 1 is 1.19 bits per heavy atom. The van der Waals surface area contributed by atoms with E-state index in [4.69, 9.17) is 11.6 Å². The van der Waals surface area contributed by atoms with Crippen LogP contribution in [0.2, 0.25) is 5.28 Å². The van der Waals surface area contributed by atoms with Gasteiger partial charge in [-0.25, -0.2) is 4.79 Å². The molecule has 0 atom stereocenters. The normalized spacial score (nSPS) is 11.1. The summed E-state index contributed by atoms with van der Waals surface area (Å²) in [5, 5.41) is 2.78. The quantitative estimate of drug-likeness (QED) is 0.680. The van der Waals surface area contributed by atoms with Gasteiger partial charge in [-0.05, 0) is 29.7 Å². The van der Waals surface area contributed by atoms with Gasteiger partial charge in [-0.1, -0.05) is 24.3 Å². The number of nitrogens with one attached hydrogen (secondary N) is 1. The molecule has 0 spiro atoms. The van der Waals surface area contributed by atoms with Crippen LogP contribution in [0.4, 0.5) is 0 Å². The van der Waals surface area contributed by atoms with Crippen molar-refractivity contribution >= 4 is 28.7 Å². The number of halogens is 1. The summed E-state index contributed by atoms with van der Waals surface area (Å²) >= 11 is 6.11. The van der Waals surface area contributed by atoms with Gasteiger partial charge in [0.2, 0.25) is 11.2 Å². The summed E-state index contributed by atoms with van der Waals surface area (Å²) in [6.45, 7) is 2.16. The van der Waals surface area contributed by atoms with Crippen LogP contribution in [-0.2, 0) is 32.0 Å². The number of amides is 1. The van der Waals surface area contributed by atoms with Gasteiger partial charge in [0.1, 0.15) is 6.54 Å². The SMILES string of the molecule is Cc1ccccc1CNC(=O)Cn1c(Cl)nc2c1c(=O)n(C)c(=O)n2C. The number of hydrogen-bond donors (Lipinski definition) is 1. The maximum atomic E-state index is 12.4. The molecule has 2 aromatic heterocycles. The van der Waals surface area contributed by atoms with E-state index < -0.39 is 11.2 Å². The van der Waals surface area contributed by atoms with E-state index in [-0.39, 0.29) is 28.9 Å². The van der Waals surface area contributed by atoms with Crippen molar-refractivity contribution in [3.05, 3.63) is 61.5 Å². The van der Waals surface area contributed by atoms with Gasteiger partial charge in [-0.3, -0.25) is 23.3 Å². The number of imidazole rings is 1. The van der Waals surface area contributed by atoms with E-state index in [1.54, 1.807) is 0 Å². The van der Waals surface area contributed by atoms with Gasteiger partial charge >= 0.3 is 5.69 Å². The fourth-order valence-corrected chi connectivity index (χ4v) is 2.99. The number of benzene rings is 1. The Kier molecular flexibility index (Phi) is 4.69. The molecule has 9 heteroatoms. The molecule has 1 aromatic carbocycles. The number of hydrogen-bond acceptors (Lipinski definition) is 4. The van der Waals surface area contributed by atoms with Gasteiger partial charge in [0, 0.05) is 20.6 Å². The standard InChI is InChI=1S/C17H18ClN5O3/c1-10-6-4-5-7-11(10)8-19-12(24)9-23-13-14(20-16(23)18)21(2)17(26)22(3)15(13)25/h4-7H,8-9H2,1-3H3,(H,19,24). The highest BCUT2D eigenvalue weighted by Crippen LogP contribution is 2.15. The van der Waals surface area contributed by atoms with Crippen LogP contribution in [0.5, 0.6) is 0 Å². The minimum absolute atomic E-state index is 0.0238. The van der Waals surface area contributed by atoms with E-state index in [2.05, 4.69) is 10.3 Å². The fraction of sp³-hybridized carbons (Fsp3) is 0.294. The third-order valence-electron chi connectivity index (χ3n) is 4.34. The summed E-state index contributed by atoms with van der Waals surface area (Å²) in [4.78, 5) is 40.8. The average molecular weight is 376 g/mol. The Balaban J connectivity index is 1.91. The second kappa shape index (κ2) is 6.80. The third-order valence-corrected chi connectivity index (χ3v) is 4.63. The van der Waals surface area contributed by atoms with Gasteiger partial charge < -0.3 is 5.32 Å². The Hall–Kier alpha value is -2.87. The van der Waals surface area contributed by atoms with Crippen LogP contribution in [0.25, 0.3) is 11.2 Å². The topological polar surface area (TPSA) is 90.9 Å². The van der Waals surface area contributed by atoms with Crippen LogP contribution >= 0.6 is 11.6 Å². The predicted octanol–water partition coefficient (Wildman–Crippen LogP) is 0.712. The third kappa shape index (κ3) is 3.03. The lowest BCUT2D eigenvalue weighted by Crippen LogP contribution is -2.38. The summed E-state index contributed by atoms with van der Waals surface area (Å²) in [5.41, 5.74) is 1.28. The van der Waals surface area contributed by atoms with Crippen LogP contribution in [0.3, 0.4) is 0 Å². The monoisotopic (exact) mass is 375 g/mol. The van der Waals surface area contributed by atoms with Gasteiger partial charge in [0.25, 0.3) is 5.56 Å². The molecule has 1 N–H and O–H groups in total. The largest absolute Gasteiger partial charge is 0.350 e. The molecular weight excluding hydrogens is 358 g/mol. The lowest BCUT2D eigenvalue weighted by Gasteiger charge is -2.10. The predicted molar refractivity (Wildman–Crippen MR) is 98.3 cm³/mol. The molecule has 3 aromatic rings. The average Bonchev–Trinajstić information content (AvgIpc) is 2.94. The molecule has 0 unspecified atom stereocenters. The molecule has 0 aliphatic carbocycles. The summed E-state index contributed by atoms with van der Waals surface area (Å²) in [6.07, 6.45) is 0. The summed E-state index contributed by atoms with van der Waals surface area (Å²) in [6, 6.07) is 7.73. The second-order valence-electron chi connectivity index (χ2n) is 6.05. The number of aryl methyl sites for hydroxylation is 2. The Bertz CT molecular complexity index is 1130. The molecule has 8 nitrogen and oxygen atoms in total. The number of rotatable bonds is 4.